The van der Waals surface area contributed by atoms with Crippen molar-refractivity contribution in [2.45, 2.75) is 26.2 Å². The Morgan fingerprint density at radius 1 is 1.42 bits per heavy atom. The molecule has 12 heavy (non-hydrogen) atoms. The van der Waals surface area contributed by atoms with Gasteiger partial charge in [0.25, 0.3) is 0 Å². The molecule has 0 aliphatic rings. The number of hydrogen-bond donors (Lipinski definition) is 0. The summed E-state index contributed by atoms with van der Waals surface area (Å²) >= 11 is 0. The van der Waals surface area contributed by atoms with Crippen molar-refractivity contribution < 1.29 is 18.0 Å². The highest BCUT2D eigenvalue weighted by molar-refractivity contribution is 7.76. The number of carbonyl (C=O) groups excluding carboxylic acids is 1. The van der Waals surface area contributed by atoms with Gasteiger partial charge in [-0.3, -0.25) is 18.0 Å². The van der Waals surface area contributed by atoms with Gasteiger partial charge in [0, 0.05) is 25.4 Å². The highest BCUT2D eigenvalue weighted by atomic mass is 31.2. The summed E-state index contributed by atoms with van der Waals surface area (Å²) < 4.78 is 20.2. The van der Waals surface area contributed by atoms with Crippen LogP contribution in [0.2, 0.25) is 0 Å². The maximum Gasteiger partial charge on any atom is 0.401 e. The predicted molar refractivity (Wildman–Crippen MR) is 53.7 cm³/mol. The van der Waals surface area contributed by atoms with Gasteiger partial charge in [0.15, 0.2) is 0 Å². The third-order valence-electron chi connectivity index (χ3n) is 1.33. The van der Waals surface area contributed by atoms with Crippen LogP contribution in [0.3, 0.4) is 0 Å². The molecular weight excluding hydrogens is 217 g/mol. The molecule has 0 aliphatic carbocycles. The molecule has 0 aromatic carbocycles. The fourth-order valence-electron chi connectivity index (χ4n) is 0.607. The number of hydrogen-bond acceptors (Lipinski definition) is 4. The zero-order valence-corrected chi connectivity index (χ0v) is 10.1. The van der Waals surface area contributed by atoms with E-state index in [4.69, 9.17) is 0 Å². The van der Waals surface area contributed by atoms with E-state index in [0.29, 0.717) is 6.42 Å². The Morgan fingerprint density at radius 3 is 2.25 bits per heavy atom. The second-order valence-electron chi connectivity index (χ2n) is 2.21. The van der Waals surface area contributed by atoms with Crippen LogP contribution in [-0.4, -0.2) is 5.52 Å². The largest absolute Gasteiger partial charge is 0.401 e. The van der Waals surface area contributed by atoms with Gasteiger partial charge in [-0.05, 0) is 6.42 Å². The average Bonchev–Trinajstić information content (AvgIpc) is 2.12. The normalized spacial score (nSPS) is 11.6. The summed E-state index contributed by atoms with van der Waals surface area (Å²) in [5.41, 5.74) is -0.477. The SMILES string of the molecule is CCCCC(=O)P(=O)(OP)OP. The van der Waals surface area contributed by atoms with Gasteiger partial charge in [0.05, 0.1) is 0 Å². The Labute approximate surface area is 76.9 Å². The maximum atomic E-state index is 11.3. The van der Waals surface area contributed by atoms with E-state index in [9.17, 15) is 9.36 Å². The maximum absolute atomic E-state index is 11.3. The Balaban J connectivity index is 4.14. The minimum absolute atomic E-state index is 0.233. The third-order valence-corrected chi connectivity index (χ3v) is 4.38. The lowest BCUT2D eigenvalue weighted by molar-refractivity contribution is -0.113. The first kappa shape index (κ1) is 12.7. The second kappa shape index (κ2) is 6.18. The van der Waals surface area contributed by atoms with Gasteiger partial charge in [-0.15, -0.1) is 0 Å². The van der Waals surface area contributed by atoms with Crippen LogP contribution in [0.15, 0.2) is 0 Å². The molecule has 0 heterocycles. The van der Waals surface area contributed by atoms with Gasteiger partial charge < -0.3 is 0 Å². The zero-order valence-electron chi connectivity index (χ0n) is 6.86. The molecule has 0 fully saturated rings. The van der Waals surface area contributed by atoms with Gasteiger partial charge >= 0.3 is 7.60 Å². The fraction of sp³-hybridized carbons (Fsp3) is 0.800. The van der Waals surface area contributed by atoms with Crippen molar-refractivity contribution in [1.82, 2.24) is 0 Å². The van der Waals surface area contributed by atoms with Crippen molar-refractivity contribution in [3.05, 3.63) is 0 Å². The molecule has 0 radical (unpaired) electrons. The van der Waals surface area contributed by atoms with Crippen molar-refractivity contribution in [3.63, 3.8) is 0 Å². The van der Waals surface area contributed by atoms with Crippen LogP contribution >= 0.6 is 26.5 Å². The minimum atomic E-state index is -3.51. The quantitative estimate of drug-likeness (QED) is 0.658. The molecule has 2 atom stereocenters. The lowest BCUT2D eigenvalue weighted by atomic mass is 10.3. The average molecular weight is 230 g/mol. The van der Waals surface area contributed by atoms with Crippen LogP contribution in [0.25, 0.3) is 0 Å². The molecule has 0 rings (SSSR count). The predicted octanol–water partition coefficient (Wildman–Crippen LogP) is 2.51. The lowest BCUT2D eigenvalue weighted by Crippen LogP contribution is -1.99. The molecule has 0 amide bonds. The van der Waals surface area contributed by atoms with Crippen LogP contribution in [0, 0.1) is 0 Å². The van der Waals surface area contributed by atoms with Crippen LogP contribution in [0.5, 0.6) is 0 Å². The summed E-state index contributed by atoms with van der Waals surface area (Å²) in [5, 5.41) is 0. The van der Waals surface area contributed by atoms with E-state index < -0.39 is 13.1 Å². The van der Waals surface area contributed by atoms with Gasteiger partial charge in [-0.2, -0.15) is 0 Å². The molecule has 0 aromatic heterocycles. The van der Waals surface area contributed by atoms with E-state index in [0.717, 1.165) is 6.42 Å². The van der Waals surface area contributed by atoms with Crippen molar-refractivity contribution in [3.8, 4) is 0 Å². The van der Waals surface area contributed by atoms with Crippen molar-refractivity contribution >= 4 is 32.1 Å². The molecule has 72 valence electrons. The Bertz CT molecular complexity index is 185. The molecule has 7 heteroatoms. The molecule has 4 nitrogen and oxygen atoms in total. The van der Waals surface area contributed by atoms with E-state index in [2.05, 4.69) is 8.62 Å². The summed E-state index contributed by atoms with van der Waals surface area (Å²) in [7, 11) is 0.0462. The lowest BCUT2D eigenvalue weighted by Gasteiger charge is -2.10. The minimum Gasteiger partial charge on any atom is -0.287 e. The Morgan fingerprint density at radius 2 is 1.92 bits per heavy atom. The molecule has 0 aliphatic heterocycles. The van der Waals surface area contributed by atoms with Gasteiger partial charge in [-0.1, -0.05) is 13.3 Å². The summed E-state index contributed by atoms with van der Waals surface area (Å²) in [6.07, 6.45) is 1.81. The van der Waals surface area contributed by atoms with Crippen LogP contribution < -0.4 is 0 Å². The summed E-state index contributed by atoms with van der Waals surface area (Å²) in [5.74, 6) is 0. The Kier molecular flexibility index (Phi) is 6.53. The highest BCUT2D eigenvalue weighted by Crippen LogP contribution is 2.53. The smallest absolute Gasteiger partial charge is 0.287 e. The number of rotatable bonds is 6. The molecule has 0 bridgehead atoms. The summed E-state index contributed by atoms with van der Waals surface area (Å²) in [6, 6.07) is 0. The van der Waals surface area contributed by atoms with E-state index in [1.165, 1.54) is 0 Å². The number of carbonyl (C=O) groups is 1. The summed E-state index contributed by atoms with van der Waals surface area (Å²) in [4.78, 5) is 11.1. The van der Waals surface area contributed by atoms with Crippen LogP contribution in [-0.2, 0) is 18.0 Å². The standard InChI is InChI=1S/C5H13O4P3/c1-2-3-4-5(6)12(7,8-10)9-11/h2-4,10-11H2,1H3. The first-order valence-electron chi connectivity index (χ1n) is 3.51. The second-order valence-corrected chi connectivity index (χ2v) is 5.39. The van der Waals surface area contributed by atoms with Gasteiger partial charge in [-0.25, -0.2) is 0 Å². The van der Waals surface area contributed by atoms with E-state index in [1.807, 2.05) is 6.92 Å². The van der Waals surface area contributed by atoms with Crippen LogP contribution in [0.1, 0.15) is 26.2 Å². The van der Waals surface area contributed by atoms with Gasteiger partial charge in [0.2, 0.25) is 5.52 Å². The summed E-state index contributed by atoms with van der Waals surface area (Å²) in [6.45, 7) is 1.95. The number of unbranched alkanes of at least 4 members (excludes halogenated alkanes) is 1. The molecule has 2 unspecified atom stereocenters. The highest BCUT2D eigenvalue weighted by Gasteiger charge is 2.31. The molecule has 0 N–H and O–H groups in total. The fourth-order valence-corrected chi connectivity index (χ4v) is 2.63. The molecule has 0 saturated heterocycles. The topological polar surface area (TPSA) is 52.6 Å². The van der Waals surface area contributed by atoms with E-state index >= 15 is 0 Å². The van der Waals surface area contributed by atoms with E-state index in [1.54, 1.807) is 18.9 Å². The molecule has 0 saturated carbocycles. The van der Waals surface area contributed by atoms with Crippen LogP contribution in [0.4, 0.5) is 0 Å². The molecule has 0 aromatic rings. The van der Waals surface area contributed by atoms with Crippen molar-refractivity contribution in [2.24, 2.45) is 0 Å². The van der Waals surface area contributed by atoms with Crippen molar-refractivity contribution in [1.29, 1.82) is 0 Å². The first-order valence-corrected chi connectivity index (χ1v) is 5.99. The molecular formula is C5H13O4P3. The monoisotopic (exact) mass is 230 g/mol. The van der Waals surface area contributed by atoms with E-state index in [-0.39, 0.29) is 6.42 Å². The Hall–Kier alpha value is 0.680. The van der Waals surface area contributed by atoms with Gasteiger partial charge in [0.1, 0.15) is 0 Å². The first-order chi connectivity index (χ1) is 5.60. The zero-order chi connectivity index (χ0) is 9.61. The molecule has 0 spiro atoms. The van der Waals surface area contributed by atoms with Crippen molar-refractivity contribution in [2.75, 3.05) is 0 Å². The third kappa shape index (κ3) is 3.60.